The normalized spacial score (nSPS) is 16.2. The number of hydrogen-bond donors (Lipinski definition) is 0. The SMILES string of the molecule is CC(C)n1nc(Cc2ccc(F)c(C(=O)N3CCN(C(=O)C4CC4)CC3)c2)c2ccccc2c1=O. The van der Waals surface area contributed by atoms with Crippen LogP contribution in [0.1, 0.15) is 54.3 Å². The number of amides is 2. The number of halogens is 1. The van der Waals surface area contributed by atoms with Crippen LogP contribution in [0.5, 0.6) is 0 Å². The average molecular weight is 477 g/mol. The van der Waals surface area contributed by atoms with Crippen molar-refractivity contribution in [1.82, 2.24) is 19.6 Å². The molecule has 35 heavy (non-hydrogen) atoms. The molecule has 2 aromatic carbocycles. The van der Waals surface area contributed by atoms with Gasteiger partial charge in [-0.25, -0.2) is 9.07 Å². The number of carbonyl (C=O) groups is 2. The van der Waals surface area contributed by atoms with E-state index in [1.54, 1.807) is 23.1 Å². The third-order valence-electron chi connectivity index (χ3n) is 6.83. The van der Waals surface area contributed by atoms with E-state index in [9.17, 15) is 18.8 Å². The molecule has 7 nitrogen and oxygen atoms in total. The first-order valence-corrected chi connectivity index (χ1v) is 12.2. The maximum atomic E-state index is 14.7. The Morgan fingerprint density at radius 3 is 2.31 bits per heavy atom. The number of benzene rings is 2. The van der Waals surface area contributed by atoms with Crippen LogP contribution >= 0.6 is 0 Å². The van der Waals surface area contributed by atoms with Crippen molar-refractivity contribution in [2.45, 2.75) is 39.2 Å². The van der Waals surface area contributed by atoms with Crippen molar-refractivity contribution in [1.29, 1.82) is 0 Å². The lowest BCUT2D eigenvalue weighted by molar-refractivity contribution is -0.134. The molecular formula is C27H29FN4O3. The predicted molar refractivity (Wildman–Crippen MR) is 131 cm³/mol. The van der Waals surface area contributed by atoms with Crippen molar-refractivity contribution >= 4 is 22.6 Å². The van der Waals surface area contributed by atoms with E-state index in [4.69, 9.17) is 0 Å². The minimum Gasteiger partial charge on any atom is -0.339 e. The molecule has 0 atom stereocenters. The third kappa shape index (κ3) is 4.57. The molecule has 182 valence electrons. The van der Waals surface area contributed by atoms with Crippen molar-refractivity contribution in [3.05, 3.63) is 75.5 Å². The summed E-state index contributed by atoms with van der Waals surface area (Å²) in [5.41, 5.74) is 1.31. The summed E-state index contributed by atoms with van der Waals surface area (Å²) in [6.07, 6.45) is 2.27. The Labute approximate surface area is 203 Å². The zero-order valence-electron chi connectivity index (χ0n) is 20.0. The Morgan fingerprint density at radius 2 is 1.66 bits per heavy atom. The largest absolute Gasteiger partial charge is 0.339 e. The van der Waals surface area contributed by atoms with Gasteiger partial charge in [0.25, 0.3) is 11.5 Å². The highest BCUT2D eigenvalue weighted by atomic mass is 19.1. The topological polar surface area (TPSA) is 75.5 Å². The van der Waals surface area contributed by atoms with Gasteiger partial charge in [0.1, 0.15) is 5.82 Å². The van der Waals surface area contributed by atoms with Gasteiger partial charge in [-0.3, -0.25) is 14.4 Å². The van der Waals surface area contributed by atoms with Gasteiger partial charge in [-0.1, -0.05) is 24.3 Å². The molecule has 2 aliphatic rings. The highest BCUT2D eigenvalue weighted by Gasteiger charge is 2.35. The molecule has 8 heteroatoms. The molecule has 1 saturated carbocycles. The fourth-order valence-corrected chi connectivity index (χ4v) is 4.68. The minimum absolute atomic E-state index is 0.0194. The van der Waals surface area contributed by atoms with Crippen LogP contribution in [0.2, 0.25) is 0 Å². The molecule has 1 aromatic heterocycles. The van der Waals surface area contributed by atoms with Crippen LogP contribution in [-0.4, -0.2) is 57.6 Å². The Kier molecular flexibility index (Phi) is 6.13. The van der Waals surface area contributed by atoms with Gasteiger partial charge in [0.15, 0.2) is 0 Å². The number of nitrogens with zero attached hydrogens (tertiary/aromatic N) is 4. The maximum absolute atomic E-state index is 14.7. The monoisotopic (exact) mass is 476 g/mol. The second kappa shape index (κ2) is 9.24. The number of hydrogen-bond acceptors (Lipinski definition) is 4. The average Bonchev–Trinajstić information content (AvgIpc) is 3.71. The van der Waals surface area contributed by atoms with Gasteiger partial charge in [-0.05, 0) is 50.5 Å². The lowest BCUT2D eigenvalue weighted by Gasteiger charge is -2.35. The quantitative estimate of drug-likeness (QED) is 0.566. The summed E-state index contributed by atoms with van der Waals surface area (Å²) in [6, 6.07) is 11.8. The highest BCUT2D eigenvalue weighted by molar-refractivity contribution is 5.95. The molecule has 1 aliphatic heterocycles. The minimum atomic E-state index is -0.569. The van der Waals surface area contributed by atoms with E-state index in [0.717, 1.165) is 23.8 Å². The zero-order valence-corrected chi connectivity index (χ0v) is 20.0. The summed E-state index contributed by atoms with van der Waals surface area (Å²) in [7, 11) is 0. The Balaban J connectivity index is 1.39. The summed E-state index contributed by atoms with van der Waals surface area (Å²) >= 11 is 0. The number of fused-ring (bicyclic) bond motifs is 1. The predicted octanol–water partition coefficient (Wildman–Crippen LogP) is 3.40. The molecule has 0 bridgehead atoms. The van der Waals surface area contributed by atoms with E-state index < -0.39 is 5.82 Å². The summed E-state index contributed by atoms with van der Waals surface area (Å²) in [5, 5.41) is 5.94. The van der Waals surface area contributed by atoms with Gasteiger partial charge in [-0.2, -0.15) is 5.10 Å². The lowest BCUT2D eigenvalue weighted by Crippen LogP contribution is -2.51. The van der Waals surface area contributed by atoms with Crippen molar-refractivity contribution < 1.29 is 14.0 Å². The van der Waals surface area contributed by atoms with Crippen LogP contribution < -0.4 is 5.56 Å². The van der Waals surface area contributed by atoms with Crippen LogP contribution in [0.4, 0.5) is 4.39 Å². The van der Waals surface area contributed by atoms with Crippen molar-refractivity contribution in [3.8, 4) is 0 Å². The van der Waals surface area contributed by atoms with Gasteiger partial charge in [0.2, 0.25) is 5.91 Å². The van der Waals surface area contributed by atoms with E-state index >= 15 is 0 Å². The third-order valence-corrected chi connectivity index (χ3v) is 6.83. The number of aromatic nitrogens is 2. The molecular weight excluding hydrogens is 447 g/mol. The molecule has 1 saturated heterocycles. The molecule has 2 amide bonds. The highest BCUT2D eigenvalue weighted by Crippen LogP contribution is 2.31. The maximum Gasteiger partial charge on any atom is 0.274 e. The standard InChI is InChI=1S/C27H29FN4O3/c1-17(2)32-27(35)21-6-4-3-5-20(21)24(29-32)16-18-7-10-23(28)22(15-18)26(34)31-13-11-30(12-14-31)25(33)19-8-9-19/h3-7,10,15,17,19H,8-9,11-14,16H2,1-2H3. The van der Waals surface area contributed by atoms with E-state index in [1.165, 1.54) is 10.7 Å². The van der Waals surface area contributed by atoms with Gasteiger partial charge in [-0.15, -0.1) is 0 Å². The molecule has 0 unspecified atom stereocenters. The second-order valence-electron chi connectivity index (χ2n) is 9.72. The van der Waals surface area contributed by atoms with Crippen LogP contribution in [0.3, 0.4) is 0 Å². The van der Waals surface area contributed by atoms with Crippen LogP contribution in [-0.2, 0) is 11.2 Å². The Bertz CT molecular complexity index is 1350. The van der Waals surface area contributed by atoms with Crippen LogP contribution in [0.15, 0.2) is 47.3 Å². The summed E-state index contributed by atoms with van der Waals surface area (Å²) in [6.45, 7) is 5.56. The van der Waals surface area contributed by atoms with E-state index in [2.05, 4.69) is 5.10 Å². The van der Waals surface area contributed by atoms with Gasteiger partial charge in [0, 0.05) is 43.9 Å². The second-order valence-corrected chi connectivity index (χ2v) is 9.72. The zero-order chi connectivity index (χ0) is 24.7. The summed E-state index contributed by atoms with van der Waals surface area (Å²) < 4.78 is 16.2. The Morgan fingerprint density at radius 1 is 1.00 bits per heavy atom. The molecule has 0 N–H and O–H groups in total. The number of carbonyl (C=O) groups excluding carboxylic acids is 2. The van der Waals surface area contributed by atoms with E-state index in [1.807, 2.05) is 36.9 Å². The molecule has 0 radical (unpaired) electrons. The van der Waals surface area contributed by atoms with E-state index in [-0.39, 0.29) is 34.9 Å². The molecule has 5 rings (SSSR count). The first kappa shape index (κ1) is 23.2. The fraction of sp³-hybridized carbons (Fsp3) is 0.407. The van der Waals surface area contributed by atoms with Gasteiger partial charge >= 0.3 is 0 Å². The first-order valence-electron chi connectivity index (χ1n) is 12.2. The smallest absolute Gasteiger partial charge is 0.274 e. The van der Waals surface area contributed by atoms with Crippen molar-refractivity contribution in [2.75, 3.05) is 26.2 Å². The molecule has 1 aliphatic carbocycles. The van der Waals surface area contributed by atoms with Gasteiger partial charge < -0.3 is 9.80 Å². The van der Waals surface area contributed by atoms with Crippen molar-refractivity contribution in [2.24, 2.45) is 5.92 Å². The molecule has 2 fully saturated rings. The van der Waals surface area contributed by atoms with E-state index in [0.29, 0.717) is 43.7 Å². The van der Waals surface area contributed by atoms with Crippen LogP contribution in [0.25, 0.3) is 10.8 Å². The summed E-state index contributed by atoms with van der Waals surface area (Å²) in [4.78, 5) is 41.7. The molecule has 2 heterocycles. The fourth-order valence-electron chi connectivity index (χ4n) is 4.68. The van der Waals surface area contributed by atoms with Crippen molar-refractivity contribution in [3.63, 3.8) is 0 Å². The lowest BCUT2D eigenvalue weighted by atomic mass is 10.0. The number of piperazine rings is 1. The van der Waals surface area contributed by atoms with Gasteiger partial charge in [0.05, 0.1) is 22.7 Å². The molecule has 0 spiro atoms. The van der Waals surface area contributed by atoms with Crippen LogP contribution in [0, 0.1) is 11.7 Å². The number of rotatable bonds is 5. The first-order chi connectivity index (χ1) is 16.8. The Hall–Kier alpha value is -3.55. The molecule has 3 aromatic rings. The summed E-state index contributed by atoms with van der Waals surface area (Å²) in [5.74, 6) is -0.609.